The molecule has 0 atom stereocenters. The van der Waals surface area contributed by atoms with Crippen LogP contribution in [0.4, 0.5) is 0 Å². The van der Waals surface area contributed by atoms with Gasteiger partial charge < -0.3 is 14.4 Å². The minimum atomic E-state index is 0.0608. The van der Waals surface area contributed by atoms with Crippen molar-refractivity contribution in [2.45, 2.75) is 52.1 Å². The first-order chi connectivity index (χ1) is 13.6. The second-order valence-electron chi connectivity index (χ2n) is 8.04. The van der Waals surface area contributed by atoms with E-state index in [1.807, 2.05) is 11.0 Å². The second kappa shape index (κ2) is 8.26. The lowest BCUT2D eigenvalue weighted by atomic mass is 10.1. The van der Waals surface area contributed by atoms with Crippen LogP contribution in [0.5, 0.6) is 11.5 Å². The smallest absolute Gasteiger partial charge is 0.260 e. The molecule has 1 amide bonds. The molecule has 2 aromatic rings. The molecule has 2 aliphatic rings. The van der Waals surface area contributed by atoms with Gasteiger partial charge >= 0.3 is 0 Å². The molecule has 1 aliphatic carbocycles. The highest BCUT2D eigenvalue weighted by Crippen LogP contribution is 2.26. The summed E-state index contributed by atoms with van der Waals surface area (Å²) >= 11 is 0. The Morgan fingerprint density at radius 3 is 2.64 bits per heavy atom. The maximum Gasteiger partial charge on any atom is 0.260 e. The van der Waals surface area contributed by atoms with Gasteiger partial charge in [0.2, 0.25) is 0 Å². The molecule has 0 N–H and O–H groups in total. The first-order valence-electron chi connectivity index (χ1n) is 10.3. The fourth-order valence-electron chi connectivity index (χ4n) is 4.11. The summed E-state index contributed by atoms with van der Waals surface area (Å²) in [4.78, 5) is 14.4. The molecule has 4 heteroatoms. The summed E-state index contributed by atoms with van der Waals surface area (Å²) in [6, 6.07) is 12.5. The summed E-state index contributed by atoms with van der Waals surface area (Å²) in [5.74, 6) is 1.83. The number of aryl methyl sites for hydroxylation is 4. The van der Waals surface area contributed by atoms with Gasteiger partial charge in [0.25, 0.3) is 5.91 Å². The molecule has 28 heavy (non-hydrogen) atoms. The van der Waals surface area contributed by atoms with Crippen molar-refractivity contribution in [1.29, 1.82) is 0 Å². The first kappa shape index (κ1) is 18.9. The van der Waals surface area contributed by atoms with Crippen molar-refractivity contribution in [2.24, 2.45) is 0 Å². The van der Waals surface area contributed by atoms with Crippen molar-refractivity contribution in [3.63, 3.8) is 0 Å². The summed E-state index contributed by atoms with van der Waals surface area (Å²) in [6.07, 6.45) is 5.39. The van der Waals surface area contributed by atoms with Gasteiger partial charge in [0.15, 0.2) is 6.61 Å². The second-order valence-corrected chi connectivity index (χ2v) is 8.04. The Labute approximate surface area is 167 Å². The van der Waals surface area contributed by atoms with Crippen molar-refractivity contribution in [3.8, 4) is 11.5 Å². The van der Waals surface area contributed by atoms with Crippen LogP contribution in [0.25, 0.3) is 0 Å². The molecule has 0 spiro atoms. The zero-order valence-electron chi connectivity index (χ0n) is 16.9. The molecular formula is C24H29NO3. The molecule has 0 bridgehead atoms. The number of carbonyl (C=O) groups excluding carboxylic acids is 1. The summed E-state index contributed by atoms with van der Waals surface area (Å²) in [5, 5.41) is 0. The van der Waals surface area contributed by atoms with Crippen molar-refractivity contribution in [3.05, 3.63) is 58.7 Å². The third kappa shape index (κ3) is 4.32. The van der Waals surface area contributed by atoms with Crippen molar-refractivity contribution >= 4 is 5.91 Å². The highest BCUT2D eigenvalue weighted by Gasteiger charge is 2.24. The van der Waals surface area contributed by atoms with Crippen LogP contribution in [0.1, 0.15) is 41.5 Å². The maximum absolute atomic E-state index is 12.5. The number of piperidine rings is 1. The number of likely N-dealkylation sites (tertiary alicyclic amines) is 1. The zero-order valence-corrected chi connectivity index (χ0v) is 16.9. The molecule has 0 aromatic heterocycles. The van der Waals surface area contributed by atoms with Crippen LogP contribution in [-0.4, -0.2) is 36.6 Å². The van der Waals surface area contributed by atoms with Crippen LogP contribution < -0.4 is 9.47 Å². The van der Waals surface area contributed by atoms with Crippen molar-refractivity contribution in [1.82, 2.24) is 4.90 Å². The molecule has 1 saturated heterocycles. The van der Waals surface area contributed by atoms with Crippen molar-refractivity contribution < 1.29 is 14.3 Å². The Hall–Kier alpha value is -2.49. The number of hydrogen-bond acceptors (Lipinski definition) is 3. The van der Waals surface area contributed by atoms with E-state index in [9.17, 15) is 4.79 Å². The number of amides is 1. The number of fused-ring (bicyclic) bond motifs is 1. The normalized spacial score (nSPS) is 16.7. The molecule has 2 aromatic carbocycles. The van der Waals surface area contributed by atoms with Crippen molar-refractivity contribution in [2.75, 3.05) is 19.7 Å². The fraction of sp³-hybridized carbons (Fsp3) is 0.458. The van der Waals surface area contributed by atoms with E-state index < -0.39 is 0 Å². The number of rotatable bonds is 5. The van der Waals surface area contributed by atoms with E-state index in [1.54, 1.807) is 0 Å². The largest absolute Gasteiger partial charge is 0.490 e. The maximum atomic E-state index is 12.5. The van der Waals surface area contributed by atoms with E-state index in [2.05, 4.69) is 44.2 Å². The summed E-state index contributed by atoms with van der Waals surface area (Å²) in [6.45, 7) is 5.71. The Bertz CT molecular complexity index is 853. The summed E-state index contributed by atoms with van der Waals surface area (Å²) < 4.78 is 12.0. The number of benzene rings is 2. The average molecular weight is 380 g/mol. The molecule has 1 heterocycles. The number of ether oxygens (including phenoxy) is 2. The molecule has 1 fully saturated rings. The summed E-state index contributed by atoms with van der Waals surface area (Å²) in [7, 11) is 0. The van der Waals surface area contributed by atoms with E-state index in [1.165, 1.54) is 23.1 Å². The SMILES string of the molecule is Cc1ccc(C)c(OC2CCN(C(=O)COc3ccc4c(c3)CCC4)CC2)c1. The minimum absolute atomic E-state index is 0.0608. The number of nitrogens with zero attached hydrogens (tertiary/aromatic N) is 1. The van der Waals surface area contributed by atoms with Gasteiger partial charge in [0, 0.05) is 25.9 Å². The third-order valence-corrected chi connectivity index (χ3v) is 5.86. The van der Waals surface area contributed by atoms with Crippen LogP contribution in [0, 0.1) is 13.8 Å². The molecule has 0 saturated carbocycles. The molecule has 0 unspecified atom stereocenters. The zero-order chi connectivity index (χ0) is 19.5. The Balaban J connectivity index is 1.25. The lowest BCUT2D eigenvalue weighted by molar-refractivity contribution is -0.135. The minimum Gasteiger partial charge on any atom is -0.490 e. The Morgan fingerprint density at radius 2 is 1.82 bits per heavy atom. The lowest BCUT2D eigenvalue weighted by Crippen LogP contribution is -2.43. The topological polar surface area (TPSA) is 38.8 Å². The van der Waals surface area contributed by atoms with Crippen LogP contribution in [0.3, 0.4) is 0 Å². The van der Waals surface area contributed by atoms with E-state index in [0.717, 1.165) is 55.8 Å². The van der Waals surface area contributed by atoms with Gasteiger partial charge in [-0.05, 0) is 73.6 Å². The molecule has 148 valence electrons. The Morgan fingerprint density at radius 1 is 1.04 bits per heavy atom. The molecular weight excluding hydrogens is 350 g/mol. The standard InChI is InChI=1S/C24H29NO3/c1-17-6-7-18(2)23(14-17)28-21-10-12-25(13-11-21)24(26)16-27-22-9-8-19-4-3-5-20(19)15-22/h6-9,14-15,21H,3-5,10-13,16H2,1-2H3. The van der Waals surface area contributed by atoms with Crippen LogP contribution in [0.2, 0.25) is 0 Å². The van der Waals surface area contributed by atoms with Gasteiger partial charge in [-0.3, -0.25) is 4.79 Å². The monoisotopic (exact) mass is 379 g/mol. The van der Waals surface area contributed by atoms with Crippen LogP contribution in [0.15, 0.2) is 36.4 Å². The average Bonchev–Trinajstić information content (AvgIpc) is 3.17. The number of carbonyl (C=O) groups is 1. The van der Waals surface area contributed by atoms with E-state index in [4.69, 9.17) is 9.47 Å². The fourth-order valence-corrected chi connectivity index (χ4v) is 4.11. The highest BCUT2D eigenvalue weighted by molar-refractivity contribution is 5.77. The third-order valence-electron chi connectivity index (χ3n) is 5.86. The molecule has 4 rings (SSSR count). The van der Waals surface area contributed by atoms with Gasteiger partial charge in [-0.1, -0.05) is 18.2 Å². The van der Waals surface area contributed by atoms with Gasteiger partial charge in [-0.15, -0.1) is 0 Å². The molecule has 1 aliphatic heterocycles. The van der Waals surface area contributed by atoms with Gasteiger partial charge in [0.1, 0.15) is 17.6 Å². The van der Waals surface area contributed by atoms with Gasteiger partial charge in [0.05, 0.1) is 0 Å². The highest BCUT2D eigenvalue weighted by atomic mass is 16.5. The van der Waals surface area contributed by atoms with Crippen LogP contribution >= 0.6 is 0 Å². The number of hydrogen-bond donors (Lipinski definition) is 0. The quantitative estimate of drug-likeness (QED) is 0.780. The van der Waals surface area contributed by atoms with Gasteiger partial charge in [-0.25, -0.2) is 0 Å². The Kier molecular flexibility index (Phi) is 5.56. The van der Waals surface area contributed by atoms with Gasteiger partial charge in [-0.2, -0.15) is 0 Å². The predicted octanol–water partition coefficient (Wildman–Crippen LogP) is 4.24. The van der Waals surface area contributed by atoms with Crippen LogP contribution in [-0.2, 0) is 17.6 Å². The lowest BCUT2D eigenvalue weighted by Gasteiger charge is -2.32. The predicted molar refractivity (Wildman–Crippen MR) is 110 cm³/mol. The van der Waals surface area contributed by atoms with E-state index in [0.29, 0.717) is 0 Å². The van der Waals surface area contributed by atoms with E-state index >= 15 is 0 Å². The summed E-state index contributed by atoms with van der Waals surface area (Å²) in [5.41, 5.74) is 5.16. The molecule has 0 radical (unpaired) electrons. The first-order valence-corrected chi connectivity index (χ1v) is 10.3. The molecule has 4 nitrogen and oxygen atoms in total. The van der Waals surface area contributed by atoms with E-state index in [-0.39, 0.29) is 18.6 Å².